The molecule has 0 fully saturated rings. The molecule has 1 heteroatoms. The van der Waals surface area contributed by atoms with Crippen LogP contribution in [0.3, 0.4) is 0 Å². The van der Waals surface area contributed by atoms with Gasteiger partial charge in [0.15, 0.2) is 0 Å². The Morgan fingerprint density at radius 1 is 1.12 bits per heavy atom. The molecule has 0 saturated carbocycles. The molecular formula is C16H27N. The number of rotatable bonds is 5. The van der Waals surface area contributed by atoms with Crippen LogP contribution in [-0.2, 0) is 0 Å². The second-order valence-corrected chi connectivity index (χ2v) is 5.26. The van der Waals surface area contributed by atoms with Gasteiger partial charge in [-0.1, -0.05) is 38.0 Å². The van der Waals surface area contributed by atoms with E-state index in [0.29, 0.717) is 5.92 Å². The van der Waals surface area contributed by atoms with Crippen LogP contribution in [0.5, 0.6) is 0 Å². The molecule has 1 rings (SSSR count). The van der Waals surface area contributed by atoms with Gasteiger partial charge in [0.2, 0.25) is 0 Å². The highest BCUT2D eigenvalue weighted by Gasteiger charge is 2.20. The summed E-state index contributed by atoms with van der Waals surface area (Å²) < 4.78 is 0. The molecule has 1 aromatic carbocycles. The Morgan fingerprint density at radius 3 is 2.29 bits per heavy atom. The predicted molar refractivity (Wildman–Crippen MR) is 76.6 cm³/mol. The van der Waals surface area contributed by atoms with E-state index >= 15 is 0 Å². The van der Waals surface area contributed by atoms with E-state index in [1.807, 2.05) is 0 Å². The van der Waals surface area contributed by atoms with E-state index in [4.69, 9.17) is 5.73 Å². The first-order valence-corrected chi connectivity index (χ1v) is 6.84. The average molecular weight is 233 g/mol. The molecule has 0 bridgehead atoms. The minimum absolute atomic E-state index is 0.287. The zero-order valence-corrected chi connectivity index (χ0v) is 12.0. The third-order valence-corrected chi connectivity index (χ3v) is 3.84. The van der Waals surface area contributed by atoms with Crippen molar-refractivity contribution in [1.29, 1.82) is 0 Å². The van der Waals surface area contributed by atoms with Crippen LogP contribution in [0, 0.1) is 20.8 Å². The van der Waals surface area contributed by atoms with Crippen LogP contribution in [-0.4, -0.2) is 6.04 Å². The molecule has 0 saturated heterocycles. The number of hydrogen-bond donors (Lipinski definition) is 1. The Balaban J connectivity index is 3.17. The van der Waals surface area contributed by atoms with E-state index < -0.39 is 0 Å². The third kappa shape index (κ3) is 3.32. The molecule has 2 N–H and O–H groups in total. The van der Waals surface area contributed by atoms with Gasteiger partial charge in [0.1, 0.15) is 0 Å². The number of benzene rings is 1. The summed E-state index contributed by atoms with van der Waals surface area (Å²) in [4.78, 5) is 0. The molecule has 0 amide bonds. The van der Waals surface area contributed by atoms with Crippen LogP contribution in [0.2, 0.25) is 0 Å². The summed E-state index contributed by atoms with van der Waals surface area (Å²) in [6.45, 7) is 11.0. The number of hydrogen-bond acceptors (Lipinski definition) is 1. The topological polar surface area (TPSA) is 26.0 Å². The van der Waals surface area contributed by atoms with Crippen molar-refractivity contribution in [3.05, 3.63) is 34.4 Å². The summed E-state index contributed by atoms with van der Waals surface area (Å²) in [5.74, 6) is 0.517. The van der Waals surface area contributed by atoms with E-state index in [-0.39, 0.29) is 6.04 Å². The first-order valence-electron chi connectivity index (χ1n) is 6.84. The van der Waals surface area contributed by atoms with Gasteiger partial charge in [0.25, 0.3) is 0 Å². The van der Waals surface area contributed by atoms with E-state index in [9.17, 15) is 0 Å². The second kappa shape index (κ2) is 6.20. The summed E-state index contributed by atoms with van der Waals surface area (Å²) in [5, 5.41) is 0. The van der Waals surface area contributed by atoms with Crippen molar-refractivity contribution in [2.24, 2.45) is 5.73 Å². The van der Waals surface area contributed by atoms with Crippen molar-refractivity contribution in [3.8, 4) is 0 Å². The third-order valence-electron chi connectivity index (χ3n) is 3.84. The highest BCUT2D eigenvalue weighted by atomic mass is 14.6. The van der Waals surface area contributed by atoms with Crippen LogP contribution in [0.15, 0.2) is 12.1 Å². The van der Waals surface area contributed by atoms with Crippen molar-refractivity contribution in [3.63, 3.8) is 0 Å². The molecule has 0 aromatic heterocycles. The first-order chi connectivity index (χ1) is 8.01. The van der Waals surface area contributed by atoms with Crippen LogP contribution in [0.4, 0.5) is 0 Å². The molecule has 0 heterocycles. The second-order valence-electron chi connectivity index (χ2n) is 5.26. The molecule has 0 unspecified atom stereocenters. The minimum Gasteiger partial charge on any atom is -0.327 e. The quantitative estimate of drug-likeness (QED) is 0.809. The highest BCUT2D eigenvalue weighted by molar-refractivity contribution is 5.40. The molecule has 0 radical (unpaired) electrons. The smallest absolute Gasteiger partial charge is 0.0105 e. The van der Waals surface area contributed by atoms with Crippen LogP contribution in [0.1, 0.15) is 61.3 Å². The fourth-order valence-electron chi connectivity index (χ4n) is 2.65. The molecule has 0 aliphatic carbocycles. The van der Waals surface area contributed by atoms with E-state index in [1.165, 1.54) is 35.1 Å². The first kappa shape index (κ1) is 14.2. The van der Waals surface area contributed by atoms with Crippen molar-refractivity contribution >= 4 is 0 Å². The Labute approximate surface area is 106 Å². The van der Waals surface area contributed by atoms with E-state index in [2.05, 4.69) is 46.8 Å². The lowest BCUT2D eigenvalue weighted by Gasteiger charge is -2.26. The van der Waals surface area contributed by atoms with Crippen LogP contribution < -0.4 is 5.73 Å². The molecular weight excluding hydrogens is 206 g/mol. The molecule has 96 valence electrons. The molecule has 1 aromatic rings. The van der Waals surface area contributed by atoms with Gasteiger partial charge in [0, 0.05) is 6.04 Å². The maximum absolute atomic E-state index is 6.30. The number of nitrogens with two attached hydrogens (primary N) is 1. The van der Waals surface area contributed by atoms with Crippen LogP contribution in [0.25, 0.3) is 0 Å². The molecule has 2 atom stereocenters. The van der Waals surface area contributed by atoms with Crippen molar-refractivity contribution in [1.82, 2.24) is 0 Å². The normalized spacial score (nSPS) is 14.7. The monoisotopic (exact) mass is 233 g/mol. The largest absolute Gasteiger partial charge is 0.327 e. The Kier molecular flexibility index (Phi) is 5.20. The van der Waals surface area contributed by atoms with Gasteiger partial charge in [-0.25, -0.2) is 0 Å². The van der Waals surface area contributed by atoms with Crippen molar-refractivity contribution in [2.45, 2.75) is 65.8 Å². The summed E-state index contributed by atoms with van der Waals surface area (Å²) in [6.07, 6.45) is 3.45. The fraction of sp³-hybridized carbons (Fsp3) is 0.625. The van der Waals surface area contributed by atoms with Gasteiger partial charge >= 0.3 is 0 Å². The molecule has 0 aliphatic rings. The number of aryl methyl sites for hydroxylation is 2. The molecule has 0 spiro atoms. The predicted octanol–water partition coefficient (Wildman–Crippen LogP) is 4.23. The Hall–Kier alpha value is -0.820. The highest BCUT2D eigenvalue weighted by Crippen LogP contribution is 2.30. The van der Waals surface area contributed by atoms with Gasteiger partial charge in [-0.3, -0.25) is 0 Å². The lowest BCUT2D eigenvalue weighted by atomic mass is 9.82. The van der Waals surface area contributed by atoms with Gasteiger partial charge in [-0.05, 0) is 56.2 Å². The maximum atomic E-state index is 6.30. The minimum atomic E-state index is 0.287. The van der Waals surface area contributed by atoms with Gasteiger partial charge in [0.05, 0.1) is 0 Å². The zero-order valence-electron chi connectivity index (χ0n) is 12.0. The molecule has 0 aliphatic heterocycles. The maximum Gasteiger partial charge on any atom is 0.0105 e. The standard InChI is InChI=1S/C16H27N/c1-6-8-14(16(17)7-2)15-10-11(3)9-12(4)13(15)5/h9-10,14,16H,6-8,17H2,1-5H3/t14-,16+/m0/s1. The SMILES string of the molecule is CCC[C@@H](c1cc(C)cc(C)c1C)[C@H](N)CC. The summed E-state index contributed by atoms with van der Waals surface area (Å²) in [5.41, 5.74) is 12.0. The lowest BCUT2D eigenvalue weighted by Crippen LogP contribution is -2.28. The van der Waals surface area contributed by atoms with Crippen LogP contribution >= 0.6 is 0 Å². The lowest BCUT2D eigenvalue weighted by molar-refractivity contribution is 0.481. The average Bonchev–Trinajstić information content (AvgIpc) is 2.30. The Bertz CT molecular complexity index is 368. The zero-order chi connectivity index (χ0) is 13.0. The summed E-state index contributed by atoms with van der Waals surface area (Å²) >= 11 is 0. The molecule has 1 nitrogen and oxygen atoms in total. The summed E-state index contributed by atoms with van der Waals surface area (Å²) in [7, 11) is 0. The summed E-state index contributed by atoms with van der Waals surface area (Å²) in [6, 6.07) is 4.88. The van der Waals surface area contributed by atoms with Crippen molar-refractivity contribution in [2.75, 3.05) is 0 Å². The van der Waals surface area contributed by atoms with E-state index in [0.717, 1.165) is 6.42 Å². The van der Waals surface area contributed by atoms with Gasteiger partial charge in [-0.15, -0.1) is 0 Å². The fourth-order valence-corrected chi connectivity index (χ4v) is 2.65. The van der Waals surface area contributed by atoms with E-state index in [1.54, 1.807) is 0 Å². The van der Waals surface area contributed by atoms with Gasteiger partial charge < -0.3 is 5.73 Å². The van der Waals surface area contributed by atoms with Gasteiger partial charge in [-0.2, -0.15) is 0 Å². The Morgan fingerprint density at radius 2 is 1.76 bits per heavy atom. The van der Waals surface area contributed by atoms with Crippen molar-refractivity contribution < 1.29 is 0 Å². The molecule has 17 heavy (non-hydrogen) atoms.